The highest BCUT2D eigenvalue weighted by Crippen LogP contribution is 2.28. The first-order valence-corrected chi connectivity index (χ1v) is 7.97. The highest BCUT2D eigenvalue weighted by molar-refractivity contribution is 6.32. The zero-order valence-corrected chi connectivity index (χ0v) is 15.1. The van der Waals surface area contributed by atoms with Crippen molar-refractivity contribution in [2.75, 3.05) is 40.0 Å². The van der Waals surface area contributed by atoms with Crippen molar-refractivity contribution in [1.82, 2.24) is 10.6 Å². The summed E-state index contributed by atoms with van der Waals surface area (Å²) < 4.78 is 23.6. The molecule has 0 radical (unpaired) electrons. The highest BCUT2D eigenvalue weighted by Gasteiger charge is 2.32. The number of halogens is 3. The third-order valence-electron chi connectivity index (χ3n) is 4.03. The molecule has 136 valence electrons. The summed E-state index contributed by atoms with van der Waals surface area (Å²) in [6.07, 6.45) is 1.90. The lowest BCUT2D eigenvalue weighted by atomic mass is 9.79. The molecule has 1 heterocycles. The van der Waals surface area contributed by atoms with E-state index in [-0.39, 0.29) is 41.1 Å². The largest absolute Gasteiger partial charge is 0.482 e. The van der Waals surface area contributed by atoms with Crippen LogP contribution in [0.5, 0.6) is 5.75 Å². The molecular weight excluding hydrogens is 358 g/mol. The minimum absolute atomic E-state index is 0. The predicted octanol–water partition coefficient (Wildman–Crippen LogP) is 2.41. The second-order valence-electron chi connectivity index (χ2n) is 5.82. The Kier molecular flexibility index (Phi) is 8.76. The van der Waals surface area contributed by atoms with Gasteiger partial charge in [0, 0.05) is 19.1 Å². The van der Waals surface area contributed by atoms with Gasteiger partial charge in [0.05, 0.1) is 11.6 Å². The number of piperidine rings is 1. The summed E-state index contributed by atoms with van der Waals surface area (Å²) in [5, 5.41) is 6.34. The van der Waals surface area contributed by atoms with Crippen molar-refractivity contribution in [3.8, 4) is 5.75 Å². The van der Waals surface area contributed by atoms with E-state index in [4.69, 9.17) is 21.1 Å². The molecule has 1 saturated heterocycles. The Morgan fingerprint density at radius 3 is 2.75 bits per heavy atom. The molecule has 0 atom stereocenters. The van der Waals surface area contributed by atoms with E-state index in [1.807, 2.05) is 0 Å². The van der Waals surface area contributed by atoms with Crippen molar-refractivity contribution in [3.63, 3.8) is 0 Å². The average Bonchev–Trinajstić information content (AvgIpc) is 2.53. The van der Waals surface area contributed by atoms with Gasteiger partial charge < -0.3 is 20.1 Å². The van der Waals surface area contributed by atoms with Crippen LogP contribution in [0.3, 0.4) is 0 Å². The van der Waals surface area contributed by atoms with E-state index in [0.29, 0.717) is 13.2 Å². The number of hydrogen-bond donors (Lipinski definition) is 2. The van der Waals surface area contributed by atoms with Gasteiger partial charge in [0.1, 0.15) is 11.6 Å². The van der Waals surface area contributed by atoms with E-state index < -0.39 is 5.82 Å². The summed E-state index contributed by atoms with van der Waals surface area (Å²) in [6.45, 7) is 2.83. The first kappa shape index (κ1) is 21.0. The molecule has 1 aromatic carbocycles. The lowest BCUT2D eigenvalue weighted by Crippen LogP contribution is -2.47. The Morgan fingerprint density at radius 1 is 1.42 bits per heavy atom. The quantitative estimate of drug-likeness (QED) is 0.762. The summed E-state index contributed by atoms with van der Waals surface area (Å²) in [4.78, 5) is 12.0. The van der Waals surface area contributed by atoms with E-state index in [1.165, 1.54) is 12.1 Å². The Bertz CT molecular complexity index is 535. The first-order chi connectivity index (χ1) is 11.0. The van der Waals surface area contributed by atoms with Crippen LogP contribution in [0.1, 0.15) is 12.8 Å². The molecule has 1 aliphatic rings. The number of rotatable bonds is 7. The summed E-state index contributed by atoms with van der Waals surface area (Å²) in [5.74, 6) is -0.393. The Morgan fingerprint density at radius 2 is 2.12 bits per heavy atom. The van der Waals surface area contributed by atoms with E-state index in [0.717, 1.165) is 32.0 Å². The fourth-order valence-corrected chi connectivity index (χ4v) is 2.93. The lowest BCUT2D eigenvalue weighted by Gasteiger charge is -2.37. The number of nitrogens with one attached hydrogen (secondary N) is 2. The summed E-state index contributed by atoms with van der Waals surface area (Å²) >= 11 is 5.85. The first-order valence-electron chi connectivity index (χ1n) is 7.59. The van der Waals surface area contributed by atoms with Crippen LogP contribution in [-0.4, -0.2) is 45.9 Å². The molecule has 1 amide bonds. The van der Waals surface area contributed by atoms with Crippen LogP contribution < -0.4 is 15.4 Å². The molecule has 0 bridgehead atoms. The number of ether oxygens (including phenoxy) is 2. The van der Waals surface area contributed by atoms with Gasteiger partial charge in [-0.15, -0.1) is 12.4 Å². The van der Waals surface area contributed by atoms with Crippen LogP contribution in [0, 0.1) is 11.2 Å². The van der Waals surface area contributed by atoms with Gasteiger partial charge in [0.25, 0.3) is 5.91 Å². The summed E-state index contributed by atoms with van der Waals surface area (Å²) in [7, 11) is 1.67. The van der Waals surface area contributed by atoms with Gasteiger partial charge in [0.15, 0.2) is 6.61 Å². The Hall–Kier alpha value is -1.08. The fraction of sp³-hybridized carbons (Fsp3) is 0.562. The van der Waals surface area contributed by atoms with Crippen molar-refractivity contribution < 1.29 is 18.7 Å². The molecular formula is C16H23Cl2FN2O3. The third-order valence-corrected chi connectivity index (χ3v) is 4.32. The average molecular weight is 381 g/mol. The van der Waals surface area contributed by atoms with Crippen molar-refractivity contribution in [2.45, 2.75) is 12.8 Å². The SMILES string of the molecule is COCC1(CNC(=O)COc2ccc(F)cc2Cl)CCNCC1.Cl. The monoisotopic (exact) mass is 380 g/mol. The second-order valence-corrected chi connectivity index (χ2v) is 6.23. The molecule has 0 aromatic heterocycles. The van der Waals surface area contributed by atoms with Crippen LogP contribution in [0.25, 0.3) is 0 Å². The van der Waals surface area contributed by atoms with Gasteiger partial charge in [-0.25, -0.2) is 4.39 Å². The topological polar surface area (TPSA) is 59.6 Å². The van der Waals surface area contributed by atoms with Crippen LogP contribution in [0.4, 0.5) is 4.39 Å². The maximum Gasteiger partial charge on any atom is 0.257 e. The molecule has 0 aliphatic carbocycles. The van der Waals surface area contributed by atoms with Crippen molar-refractivity contribution in [3.05, 3.63) is 29.0 Å². The molecule has 5 nitrogen and oxygen atoms in total. The number of benzene rings is 1. The molecule has 2 rings (SSSR count). The van der Waals surface area contributed by atoms with Crippen molar-refractivity contribution in [2.24, 2.45) is 5.41 Å². The predicted molar refractivity (Wildman–Crippen MR) is 93.6 cm³/mol. The van der Waals surface area contributed by atoms with Gasteiger partial charge >= 0.3 is 0 Å². The molecule has 1 aromatic rings. The van der Waals surface area contributed by atoms with E-state index >= 15 is 0 Å². The van der Waals surface area contributed by atoms with Gasteiger partial charge in [0.2, 0.25) is 0 Å². The maximum atomic E-state index is 13.0. The van der Waals surface area contributed by atoms with Crippen LogP contribution in [0.15, 0.2) is 18.2 Å². The van der Waals surface area contributed by atoms with E-state index in [9.17, 15) is 9.18 Å². The normalized spacial score (nSPS) is 16.1. The van der Waals surface area contributed by atoms with Crippen LogP contribution in [0.2, 0.25) is 5.02 Å². The molecule has 24 heavy (non-hydrogen) atoms. The summed E-state index contributed by atoms with van der Waals surface area (Å²) in [5.41, 5.74) is -0.0385. The zero-order chi connectivity index (χ0) is 16.7. The molecule has 0 unspecified atom stereocenters. The van der Waals surface area contributed by atoms with Gasteiger partial charge in [-0.3, -0.25) is 4.79 Å². The lowest BCUT2D eigenvalue weighted by molar-refractivity contribution is -0.124. The zero-order valence-electron chi connectivity index (χ0n) is 13.6. The molecule has 0 spiro atoms. The molecule has 1 fully saturated rings. The Balaban J connectivity index is 0.00000288. The molecule has 2 N–H and O–H groups in total. The number of carbonyl (C=O) groups is 1. The summed E-state index contributed by atoms with van der Waals surface area (Å²) in [6, 6.07) is 3.79. The molecule has 8 heteroatoms. The van der Waals surface area contributed by atoms with Crippen molar-refractivity contribution in [1.29, 1.82) is 0 Å². The molecule has 1 aliphatic heterocycles. The highest BCUT2D eigenvalue weighted by atomic mass is 35.5. The number of methoxy groups -OCH3 is 1. The number of amides is 1. The van der Waals surface area contributed by atoms with Crippen LogP contribution in [-0.2, 0) is 9.53 Å². The van der Waals surface area contributed by atoms with E-state index in [2.05, 4.69) is 10.6 Å². The maximum absolute atomic E-state index is 13.0. The van der Waals surface area contributed by atoms with Gasteiger partial charge in [-0.05, 0) is 44.1 Å². The second kappa shape index (κ2) is 10.0. The van der Waals surface area contributed by atoms with Gasteiger partial charge in [-0.2, -0.15) is 0 Å². The smallest absolute Gasteiger partial charge is 0.257 e. The Labute approximate surface area is 152 Å². The fourth-order valence-electron chi connectivity index (χ4n) is 2.71. The minimum atomic E-state index is -0.445. The van der Waals surface area contributed by atoms with Crippen molar-refractivity contribution >= 4 is 29.9 Å². The number of hydrogen-bond acceptors (Lipinski definition) is 4. The standard InChI is InChI=1S/C16H22ClFN2O3.ClH/c1-22-11-16(4-6-19-7-5-16)10-20-15(21)9-23-14-3-2-12(18)8-13(14)17;/h2-3,8,19H,4-7,9-11H2,1H3,(H,20,21);1H. The van der Waals surface area contributed by atoms with E-state index in [1.54, 1.807) is 7.11 Å². The van der Waals surface area contributed by atoms with Crippen LogP contribution >= 0.6 is 24.0 Å². The van der Waals surface area contributed by atoms with Gasteiger partial charge in [-0.1, -0.05) is 11.6 Å². The molecule has 0 saturated carbocycles. The minimum Gasteiger partial charge on any atom is -0.482 e. The number of carbonyl (C=O) groups excluding carboxylic acids is 1. The third kappa shape index (κ3) is 6.09.